The van der Waals surface area contributed by atoms with E-state index in [2.05, 4.69) is 10.3 Å². The summed E-state index contributed by atoms with van der Waals surface area (Å²) in [5.74, 6) is 1.63. The second kappa shape index (κ2) is 10.6. The summed E-state index contributed by atoms with van der Waals surface area (Å²) in [4.78, 5) is 19.5. The number of ether oxygens (including phenoxy) is 2. The number of carbonyl (C=O) groups is 1. The number of hydrogen-bond donors (Lipinski definition) is 1. The minimum Gasteiger partial charge on any atom is -0.497 e. The van der Waals surface area contributed by atoms with Crippen LogP contribution in [0.4, 0.5) is 10.5 Å². The predicted octanol–water partition coefficient (Wildman–Crippen LogP) is 5.96. The van der Waals surface area contributed by atoms with Gasteiger partial charge in [-0.15, -0.1) is 0 Å². The van der Waals surface area contributed by atoms with Gasteiger partial charge in [-0.05, 0) is 60.4 Å². The summed E-state index contributed by atoms with van der Waals surface area (Å²) < 4.78 is 17.0. The predicted molar refractivity (Wildman–Crippen MR) is 135 cm³/mol. The van der Waals surface area contributed by atoms with Crippen molar-refractivity contribution in [3.05, 3.63) is 89.8 Å². The standard InChI is InChI=1S/C28H29N3O4/c1-33-24-13-11-20(12-14-24)18-34-19-21-6-4-8-23(16-21)29-28(32)31-15-5-7-22(17-31)27-30-25-9-2-3-10-26(25)35-27/h2-4,6,8-14,16,22H,5,7,15,17-19H2,1H3,(H,29,32). The summed E-state index contributed by atoms with van der Waals surface area (Å²) in [6.07, 6.45) is 1.87. The van der Waals surface area contributed by atoms with Gasteiger partial charge in [-0.1, -0.05) is 36.4 Å². The molecule has 2 heterocycles. The molecule has 0 saturated carbocycles. The summed E-state index contributed by atoms with van der Waals surface area (Å²) >= 11 is 0. The number of para-hydroxylation sites is 2. The normalized spacial score (nSPS) is 15.8. The summed E-state index contributed by atoms with van der Waals surface area (Å²) in [5.41, 5.74) is 4.47. The van der Waals surface area contributed by atoms with Crippen LogP contribution < -0.4 is 10.1 Å². The molecule has 1 N–H and O–H groups in total. The van der Waals surface area contributed by atoms with Crippen LogP contribution in [0.3, 0.4) is 0 Å². The van der Waals surface area contributed by atoms with Crippen molar-refractivity contribution < 1.29 is 18.7 Å². The van der Waals surface area contributed by atoms with E-state index in [1.54, 1.807) is 7.11 Å². The maximum Gasteiger partial charge on any atom is 0.321 e. The number of carbonyl (C=O) groups excluding carboxylic acids is 1. The lowest BCUT2D eigenvalue weighted by atomic mass is 9.98. The second-order valence-corrected chi connectivity index (χ2v) is 8.78. The number of piperidine rings is 1. The van der Waals surface area contributed by atoms with Gasteiger partial charge in [0.05, 0.1) is 26.2 Å². The third-order valence-electron chi connectivity index (χ3n) is 6.24. The monoisotopic (exact) mass is 471 g/mol. The smallest absolute Gasteiger partial charge is 0.321 e. The number of hydrogen-bond acceptors (Lipinski definition) is 5. The number of oxazole rings is 1. The molecule has 0 radical (unpaired) electrons. The third kappa shape index (κ3) is 5.63. The highest BCUT2D eigenvalue weighted by Gasteiger charge is 2.28. The van der Waals surface area contributed by atoms with Crippen molar-refractivity contribution in [1.82, 2.24) is 9.88 Å². The van der Waals surface area contributed by atoms with Crippen molar-refractivity contribution in [3.8, 4) is 5.75 Å². The molecule has 1 fully saturated rings. The van der Waals surface area contributed by atoms with Crippen molar-refractivity contribution in [3.63, 3.8) is 0 Å². The van der Waals surface area contributed by atoms with E-state index in [9.17, 15) is 4.79 Å². The molecule has 0 spiro atoms. The molecule has 7 heteroatoms. The molecule has 3 aromatic carbocycles. The van der Waals surface area contributed by atoms with E-state index in [0.717, 1.165) is 46.5 Å². The van der Waals surface area contributed by atoms with E-state index in [4.69, 9.17) is 13.9 Å². The Morgan fingerprint density at radius 3 is 2.71 bits per heavy atom. The Balaban J connectivity index is 1.16. The van der Waals surface area contributed by atoms with Gasteiger partial charge in [0, 0.05) is 18.8 Å². The molecular formula is C28H29N3O4. The molecule has 1 saturated heterocycles. The molecule has 0 aliphatic carbocycles. The number of likely N-dealkylation sites (tertiary alicyclic amines) is 1. The molecule has 180 valence electrons. The number of aromatic nitrogens is 1. The average Bonchev–Trinajstić information content (AvgIpc) is 3.34. The second-order valence-electron chi connectivity index (χ2n) is 8.78. The number of rotatable bonds is 7. The van der Waals surface area contributed by atoms with Gasteiger partial charge >= 0.3 is 6.03 Å². The topological polar surface area (TPSA) is 76.8 Å². The lowest BCUT2D eigenvalue weighted by molar-refractivity contribution is 0.107. The number of nitrogens with zero attached hydrogens (tertiary/aromatic N) is 2. The van der Waals surface area contributed by atoms with Gasteiger partial charge in [-0.25, -0.2) is 9.78 Å². The van der Waals surface area contributed by atoms with Crippen molar-refractivity contribution in [2.24, 2.45) is 0 Å². The Hall–Kier alpha value is -3.84. The van der Waals surface area contributed by atoms with Crippen LogP contribution in [0.1, 0.15) is 35.8 Å². The molecule has 35 heavy (non-hydrogen) atoms. The minimum atomic E-state index is -0.109. The van der Waals surface area contributed by atoms with Gasteiger partial charge < -0.3 is 24.1 Å². The Bertz CT molecular complexity index is 1250. The highest BCUT2D eigenvalue weighted by molar-refractivity contribution is 5.89. The lowest BCUT2D eigenvalue weighted by Crippen LogP contribution is -2.41. The van der Waals surface area contributed by atoms with E-state index >= 15 is 0 Å². The number of nitrogens with one attached hydrogen (secondary N) is 1. The lowest BCUT2D eigenvalue weighted by Gasteiger charge is -2.31. The molecular weight excluding hydrogens is 442 g/mol. The molecule has 1 unspecified atom stereocenters. The fourth-order valence-corrected chi connectivity index (χ4v) is 4.38. The third-order valence-corrected chi connectivity index (χ3v) is 6.24. The van der Waals surface area contributed by atoms with Crippen molar-refractivity contribution >= 4 is 22.8 Å². The first kappa shape index (κ1) is 22.9. The summed E-state index contributed by atoms with van der Waals surface area (Å²) in [6, 6.07) is 23.2. The Morgan fingerprint density at radius 1 is 1.06 bits per heavy atom. The zero-order valence-electron chi connectivity index (χ0n) is 19.8. The molecule has 1 atom stereocenters. The number of urea groups is 1. The van der Waals surface area contributed by atoms with Crippen LogP contribution in [0.2, 0.25) is 0 Å². The maximum absolute atomic E-state index is 13.0. The van der Waals surface area contributed by atoms with Crippen molar-refractivity contribution in [1.29, 1.82) is 0 Å². The van der Waals surface area contributed by atoms with Crippen LogP contribution in [-0.2, 0) is 18.0 Å². The summed E-state index contributed by atoms with van der Waals surface area (Å²) in [5, 5.41) is 3.04. The van der Waals surface area contributed by atoms with E-state index < -0.39 is 0 Å². The quantitative estimate of drug-likeness (QED) is 0.360. The maximum atomic E-state index is 13.0. The van der Waals surface area contributed by atoms with Crippen LogP contribution in [0.15, 0.2) is 77.2 Å². The Labute approximate surface area is 204 Å². The number of benzene rings is 3. The van der Waals surface area contributed by atoms with E-state index in [0.29, 0.717) is 32.2 Å². The van der Waals surface area contributed by atoms with E-state index in [-0.39, 0.29) is 11.9 Å². The molecule has 1 aliphatic heterocycles. The Kier molecular flexibility index (Phi) is 6.95. The van der Waals surface area contributed by atoms with Gasteiger partial charge in [0.25, 0.3) is 0 Å². The largest absolute Gasteiger partial charge is 0.497 e. The molecule has 0 bridgehead atoms. The zero-order valence-corrected chi connectivity index (χ0v) is 19.8. The first-order valence-electron chi connectivity index (χ1n) is 11.9. The molecule has 5 rings (SSSR count). The van der Waals surface area contributed by atoms with E-state index in [1.165, 1.54) is 0 Å². The van der Waals surface area contributed by atoms with Crippen LogP contribution in [0.5, 0.6) is 5.75 Å². The van der Waals surface area contributed by atoms with E-state index in [1.807, 2.05) is 77.7 Å². The first-order valence-corrected chi connectivity index (χ1v) is 11.9. The highest BCUT2D eigenvalue weighted by Crippen LogP contribution is 2.29. The fourth-order valence-electron chi connectivity index (χ4n) is 4.38. The average molecular weight is 472 g/mol. The first-order chi connectivity index (χ1) is 17.2. The van der Waals surface area contributed by atoms with Crippen LogP contribution in [0.25, 0.3) is 11.1 Å². The SMILES string of the molecule is COc1ccc(COCc2cccc(NC(=O)N3CCCC(c4nc5ccccc5o4)C3)c2)cc1. The number of methoxy groups -OCH3 is 1. The van der Waals surface area contributed by atoms with Gasteiger partial charge in [-0.2, -0.15) is 0 Å². The molecule has 1 aromatic heterocycles. The zero-order chi connectivity index (χ0) is 24.0. The number of amides is 2. The van der Waals surface area contributed by atoms with Gasteiger partial charge in [0.2, 0.25) is 0 Å². The van der Waals surface area contributed by atoms with Crippen LogP contribution in [-0.4, -0.2) is 36.1 Å². The van der Waals surface area contributed by atoms with Gasteiger partial charge in [-0.3, -0.25) is 0 Å². The van der Waals surface area contributed by atoms with Gasteiger partial charge in [0.15, 0.2) is 11.5 Å². The number of anilines is 1. The molecule has 1 aliphatic rings. The van der Waals surface area contributed by atoms with Crippen molar-refractivity contribution in [2.45, 2.75) is 32.0 Å². The van der Waals surface area contributed by atoms with Gasteiger partial charge in [0.1, 0.15) is 11.3 Å². The van der Waals surface area contributed by atoms with Crippen LogP contribution >= 0.6 is 0 Å². The summed E-state index contributed by atoms with van der Waals surface area (Å²) in [7, 11) is 1.65. The van der Waals surface area contributed by atoms with Crippen LogP contribution in [0, 0.1) is 0 Å². The van der Waals surface area contributed by atoms with Crippen molar-refractivity contribution in [2.75, 3.05) is 25.5 Å². The number of fused-ring (bicyclic) bond motifs is 1. The highest BCUT2D eigenvalue weighted by atomic mass is 16.5. The Morgan fingerprint density at radius 2 is 1.89 bits per heavy atom. The molecule has 4 aromatic rings. The fraction of sp³-hybridized carbons (Fsp3) is 0.286. The molecule has 7 nitrogen and oxygen atoms in total. The minimum absolute atomic E-state index is 0.0968. The molecule has 2 amide bonds. The summed E-state index contributed by atoms with van der Waals surface area (Å²) in [6.45, 7) is 2.27.